The summed E-state index contributed by atoms with van der Waals surface area (Å²) in [5, 5.41) is 0.296. The molecule has 0 N–H and O–H groups in total. The number of likely N-dealkylation sites (tertiary alicyclic amines) is 1. The van der Waals surface area contributed by atoms with Crippen LogP contribution in [0.15, 0.2) is 47.3 Å². The molecule has 3 aromatic rings. The van der Waals surface area contributed by atoms with Crippen molar-refractivity contribution < 1.29 is 18.0 Å². The van der Waals surface area contributed by atoms with Crippen LogP contribution >= 0.6 is 11.6 Å². The summed E-state index contributed by atoms with van der Waals surface area (Å²) in [5.74, 6) is 0.0998. The minimum absolute atomic E-state index is 0.0998. The number of benzene rings is 2. The first kappa shape index (κ1) is 24.9. The number of nitrogens with zero attached hydrogens (tertiary/aromatic N) is 4. The van der Waals surface area contributed by atoms with E-state index in [2.05, 4.69) is 4.90 Å². The Kier molecular flexibility index (Phi) is 6.87. The molecule has 0 saturated carbocycles. The van der Waals surface area contributed by atoms with Crippen molar-refractivity contribution >= 4 is 28.5 Å². The maximum atomic E-state index is 13.2. The van der Waals surface area contributed by atoms with Crippen molar-refractivity contribution in [1.29, 1.82) is 0 Å². The van der Waals surface area contributed by atoms with Crippen LogP contribution in [0.2, 0.25) is 5.02 Å². The summed E-state index contributed by atoms with van der Waals surface area (Å²) in [7, 11) is 0. The van der Waals surface area contributed by atoms with E-state index in [1.54, 1.807) is 12.1 Å². The summed E-state index contributed by atoms with van der Waals surface area (Å²) in [4.78, 5) is 29.8. The molecule has 5 rings (SSSR count). The Morgan fingerprint density at radius 3 is 2.39 bits per heavy atom. The maximum Gasteiger partial charge on any atom is 0.406 e. The number of aromatic nitrogens is 2. The normalized spacial score (nSPS) is 17.3. The molecule has 0 spiro atoms. The number of hydrogen-bond acceptors (Lipinski definition) is 3. The summed E-state index contributed by atoms with van der Waals surface area (Å²) in [5.41, 5.74) is 1.95. The molecule has 2 aliphatic rings. The number of amides is 1. The van der Waals surface area contributed by atoms with Crippen molar-refractivity contribution in [2.75, 3.05) is 26.2 Å². The van der Waals surface area contributed by atoms with Crippen LogP contribution in [0.1, 0.15) is 47.6 Å². The van der Waals surface area contributed by atoms with Gasteiger partial charge >= 0.3 is 11.9 Å². The minimum atomic E-state index is -4.50. The van der Waals surface area contributed by atoms with Gasteiger partial charge in [0.15, 0.2) is 0 Å². The van der Waals surface area contributed by atoms with Gasteiger partial charge in [0.2, 0.25) is 0 Å². The predicted octanol–water partition coefficient (Wildman–Crippen LogP) is 5.09. The Labute approximate surface area is 211 Å². The molecule has 0 bridgehead atoms. The lowest BCUT2D eigenvalue weighted by atomic mass is 10.0. The van der Waals surface area contributed by atoms with E-state index in [1.807, 2.05) is 29.2 Å². The van der Waals surface area contributed by atoms with Gasteiger partial charge in [-0.05, 0) is 62.1 Å². The van der Waals surface area contributed by atoms with Crippen molar-refractivity contribution in [1.82, 2.24) is 18.9 Å². The average Bonchev–Trinajstić information content (AvgIpc) is 3.30. The number of imidazole rings is 1. The third-order valence-electron chi connectivity index (χ3n) is 7.23. The Morgan fingerprint density at radius 1 is 0.944 bits per heavy atom. The molecule has 6 nitrogen and oxygen atoms in total. The zero-order chi connectivity index (χ0) is 25.4. The molecule has 0 aliphatic carbocycles. The van der Waals surface area contributed by atoms with E-state index in [1.165, 1.54) is 10.6 Å². The van der Waals surface area contributed by atoms with E-state index in [0.29, 0.717) is 29.9 Å². The molecular formula is C26H28ClF3N4O2. The van der Waals surface area contributed by atoms with Crippen LogP contribution in [0.3, 0.4) is 0 Å². The lowest BCUT2D eigenvalue weighted by Gasteiger charge is -2.32. The highest BCUT2D eigenvalue weighted by molar-refractivity contribution is 6.31. The lowest BCUT2D eigenvalue weighted by Crippen LogP contribution is -2.39. The topological polar surface area (TPSA) is 50.5 Å². The fourth-order valence-electron chi connectivity index (χ4n) is 5.47. The molecule has 2 aliphatic heterocycles. The highest BCUT2D eigenvalue weighted by atomic mass is 35.5. The van der Waals surface area contributed by atoms with Crippen molar-refractivity contribution in [3.63, 3.8) is 0 Å². The molecule has 10 heteroatoms. The van der Waals surface area contributed by atoms with Crippen LogP contribution in [0.4, 0.5) is 13.2 Å². The fourth-order valence-corrected chi connectivity index (χ4v) is 5.64. The summed E-state index contributed by atoms with van der Waals surface area (Å²) in [6.07, 6.45) is -1.27. The molecule has 36 heavy (non-hydrogen) atoms. The number of fused-ring (bicyclic) bond motifs is 2. The Bertz CT molecular complexity index is 1320. The van der Waals surface area contributed by atoms with Gasteiger partial charge in [0.1, 0.15) is 6.54 Å². The molecule has 0 atom stereocenters. The van der Waals surface area contributed by atoms with Crippen LogP contribution in [0.5, 0.6) is 0 Å². The molecule has 1 amide bonds. The molecule has 2 aromatic carbocycles. The summed E-state index contributed by atoms with van der Waals surface area (Å²) >= 11 is 6.03. The number of carbonyl (C=O) groups excluding carboxylic acids is 1. The SMILES string of the molecule is O=C1c2ccccc2CN1CCCCN1CCC(n2c(=O)n(CC(F)(F)F)c3cc(Cl)ccc32)CC1. The van der Waals surface area contributed by atoms with Gasteiger partial charge in [-0.25, -0.2) is 4.79 Å². The lowest BCUT2D eigenvalue weighted by molar-refractivity contribution is -0.140. The van der Waals surface area contributed by atoms with Crippen LogP contribution in [-0.4, -0.2) is 57.2 Å². The monoisotopic (exact) mass is 520 g/mol. The Morgan fingerprint density at radius 2 is 1.67 bits per heavy atom. The van der Waals surface area contributed by atoms with Gasteiger partial charge in [-0.3, -0.25) is 13.9 Å². The number of rotatable bonds is 7. The summed E-state index contributed by atoms with van der Waals surface area (Å²) in [6, 6.07) is 12.2. The highest BCUT2D eigenvalue weighted by Gasteiger charge is 2.32. The van der Waals surface area contributed by atoms with Crippen molar-refractivity contribution in [2.45, 2.75) is 51.0 Å². The smallest absolute Gasteiger partial charge is 0.334 e. The predicted molar refractivity (Wildman–Crippen MR) is 132 cm³/mol. The highest BCUT2D eigenvalue weighted by Crippen LogP contribution is 2.29. The van der Waals surface area contributed by atoms with Gasteiger partial charge in [0.05, 0.1) is 11.0 Å². The van der Waals surface area contributed by atoms with Crippen LogP contribution < -0.4 is 5.69 Å². The van der Waals surface area contributed by atoms with Gasteiger partial charge < -0.3 is 9.80 Å². The fraction of sp³-hybridized carbons (Fsp3) is 0.462. The first-order valence-corrected chi connectivity index (χ1v) is 12.7. The number of hydrogen-bond donors (Lipinski definition) is 0. The van der Waals surface area contributed by atoms with Crippen molar-refractivity contribution in [2.24, 2.45) is 0 Å². The second kappa shape index (κ2) is 9.94. The van der Waals surface area contributed by atoms with E-state index in [4.69, 9.17) is 11.6 Å². The number of halogens is 4. The second-order valence-corrected chi connectivity index (χ2v) is 10.1. The third kappa shape index (κ3) is 5.04. The second-order valence-electron chi connectivity index (χ2n) is 9.65. The molecule has 192 valence electrons. The molecule has 0 radical (unpaired) electrons. The van der Waals surface area contributed by atoms with Crippen LogP contribution in [0, 0.1) is 0 Å². The van der Waals surface area contributed by atoms with Crippen LogP contribution in [0.25, 0.3) is 11.0 Å². The minimum Gasteiger partial charge on any atom is -0.334 e. The third-order valence-corrected chi connectivity index (χ3v) is 7.47. The first-order chi connectivity index (χ1) is 17.2. The van der Waals surface area contributed by atoms with Crippen molar-refractivity contribution in [3.8, 4) is 0 Å². The van der Waals surface area contributed by atoms with Gasteiger partial charge in [0.25, 0.3) is 5.91 Å². The van der Waals surface area contributed by atoms with E-state index in [9.17, 15) is 22.8 Å². The standard InChI is InChI=1S/C26H28ClF3N4O2/c27-19-7-8-22-23(15-19)33(17-26(28,29)30)25(36)34(22)20-9-13-31(14-10-20)11-3-4-12-32-16-18-5-1-2-6-21(18)24(32)35/h1-2,5-8,15,20H,3-4,9-14,16-17H2. The van der Waals surface area contributed by atoms with E-state index < -0.39 is 18.4 Å². The molecule has 3 heterocycles. The van der Waals surface area contributed by atoms with Gasteiger partial charge in [-0.2, -0.15) is 13.2 Å². The summed E-state index contributed by atoms with van der Waals surface area (Å²) in [6.45, 7) is 2.49. The van der Waals surface area contributed by atoms with E-state index in [-0.39, 0.29) is 17.5 Å². The molecule has 1 saturated heterocycles. The average molecular weight is 521 g/mol. The van der Waals surface area contributed by atoms with Crippen molar-refractivity contribution in [3.05, 3.63) is 69.1 Å². The van der Waals surface area contributed by atoms with Gasteiger partial charge in [0, 0.05) is 42.8 Å². The molecule has 0 unspecified atom stereocenters. The molecular weight excluding hydrogens is 493 g/mol. The van der Waals surface area contributed by atoms with E-state index in [0.717, 1.165) is 54.7 Å². The number of carbonyl (C=O) groups is 1. The number of piperidine rings is 1. The summed E-state index contributed by atoms with van der Waals surface area (Å²) < 4.78 is 41.8. The van der Waals surface area contributed by atoms with Gasteiger partial charge in [-0.15, -0.1) is 0 Å². The maximum absolute atomic E-state index is 13.2. The quantitative estimate of drug-likeness (QED) is 0.408. The zero-order valence-corrected chi connectivity index (χ0v) is 20.6. The number of unbranched alkanes of at least 4 members (excludes halogenated alkanes) is 1. The Hall–Kier alpha value is -2.78. The van der Waals surface area contributed by atoms with E-state index >= 15 is 0 Å². The number of alkyl halides is 3. The largest absolute Gasteiger partial charge is 0.406 e. The molecule has 1 fully saturated rings. The van der Waals surface area contributed by atoms with Gasteiger partial charge in [-0.1, -0.05) is 29.8 Å². The zero-order valence-electron chi connectivity index (χ0n) is 19.8. The Balaban J connectivity index is 1.17. The molecule has 1 aromatic heterocycles. The van der Waals surface area contributed by atoms with Crippen LogP contribution in [-0.2, 0) is 13.1 Å². The first-order valence-electron chi connectivity index (χ1n) is 12.3.